The minimum absolute atomic E-state index is 0.0227. The largest absolute Gasteiger partial charge is 0.370 e. The van der Waals surface area contributed by atoms with Gasteiger partial charge in [0.2, 0.25) is 11.8 Å². The van der Waals surface area contributed by atoms with E-state index in [0.717, 1.165) is 37.3 Å². The highest BCUT2D eigenvalue weighted by molar-refractivity contribution is 5.99. The molecule has 0 aromatic heterocycles. The van der Waals surface area contributed by atoms with Crippen LogP contribution in [0, 0.1) is 0 Å². The van der Waals surface area contributed by atoms with Crippen LogP contribution in [0.25, 0.3) is 0 Å². The highest BCUT2D eigenvalue weighted by Crippen LogP contribution is 2.29. The van der Waals surface area contributed by atoms with Crippen LogP contribution in [0.2, 0.25) is 0 Å². The maximum Gasteiger partial charge on any atom is 0.247 e. The first-order chi connectivity index (χ1) is 10.7. The molecular weight excluding hydrogens is 278 g/mol. The van der Waals surface area contributed by atoms with E-state index in [9.17, 15) is 9.59 Å². The van der Waals surface area contributed by atoms with E-state index in [2.05, 4.69) is 16.3 Å². The minimum atomic E-state index is -0.330. The molecule has 2 saturated heterocycles. The molecule has 0 spiro atoms. The molecule has 2 aliphatic heterocycles. The second-order valence-corrected chi connectivity index (χ2v) is 6.07. The molecule has 3 rings (SSSR count). The third kappa shape index (κ3) is 2.93. The minimum Gasteiger partial charge on any atom is -0.370 e. The predicted octanol–water partition coefficient (Wildman–Crippen LogP) is 2.24. The third-order valence-electron chi connectivity index (χ3n) is 4.57. The molecule has 1 N–H and O–H groups in total. The number of nitrogens with zero attached hydrogens (tertiary/aromatic N) is 2. The molecule has 2 heterocycles. The zero-order chi connectivity index (χ0) is 15.5. The molecule has 0 aliphatic carbocycles. The molecule has 5 heteroatoms. The van der Waals surface area contributed by atoms with Crippen LogP contribution in [0.5, 0.6) is 0 Å². The lowest BCUT2D eigenvalue weighted by atomic mass is 10.2. The van der Waals surface area contributed by atoms with E-state index < -0.39 is 0 Å². The van der Waals surface area contributed by atoms with E-state index in [-0.39, 0.29) is 17.9 Å². The summed E-state index contributed by atoms with van der Waals surface area (Å²) in [4.78, 5) is 28.2. The van der Waals surface area contributed by atoms with E-state index >= 15 is 0 Å². The average Bonchev–Trinajstić information content (AvgIpc) is 3.19. The van der Waals surface area contributed by atoms with Gasteiger partial charge in [0.1, 0.15) is 6.04 Å². The summed E-state index contributed by atoms with van der Waals surface area (Å²) in [6, 6.07) is 7.61. The first-order valence-electron chi connectivity index (χ1n) is 8.09. The number of amides is 2. The van der Waals surface area contributed by atoms with Crippen LogP contribution in [0.3, 0.4) is 0 Å². The Morgan fingerprint density at radius 3 is 2.55 bits per heavy atom. The van der Waals surface area contributed by atoms with Crippen molar-refractivity contribution in [3.05, 3.63) is 24.3 Å². The molecule has 1 aromatic carbocycles. The van der Waals surface area contributed by atoms with Gasteiger partial charge >= 0.3 is 0 Å². The Kier molecular flexibility index (Phi) is 4.32. The van der Waals surface area contributed by atoms with Gasteiger partial charge in [0, 0.05) is 26.6 Å². The Morgan fingerprint density at radius 1 is 1.09 bits per heavy atom. The molecular formula is C17H23N3O2. The molecule has 22 heavy (non-hydrogen) atoms. The first kappa shape index (κ1) is 14.9. The number of hydrogen-bond acceptors (Lipinski definition) is 3. The predicted molar refractivity (Wildman–Crippen MR) is 86.9 cm³/mol. The van der Waals surface area contributed by atoms with Gasteiger partial charge in [-0.1, -0.05) is 12.1 Å². The average molecular weight is 301 g/mol. The standard InChI is InChI=1S/C17H23N3O2/c1-13(21)20-12-6-9-16(20)17(22)18-14-7-2-3-8-15(14)19-10-4-5-11-19/h2-3,7-8,16H,4-6,9-12H2,1H3,(H,18,22). The fourth-order valence-electron chi connectivity index (χ4n) is 3.45. The van der Waals surface area contributed by atoms with E-state index in [1.54, 1.807) is 4.90 Å². The van der Waals surface area contributed by atoms with Crippen molar-refractivity contribution in [3.63, 3.8) is 0 Å². The van der Waals surface area contributed by atoms with Gasteiger partial charge in [0.15, 0.2) is 0 Å². The van der Waals surface area contributed by atoms with Crippen LogP contribution in [-0.2, 0) is 9.59 Å². The van der Waals surface area contributed by atoms with E-state index in [1.165, 1.54) is 19.8 Å². The number of nitrogens with one attached hydrogen (secondary N) is 1. The molecule has 2 fully saturated rings. The molecule has 0 bridgehead atoms. The van der Waals surface area contributed by atoms with Crippen molar-refractivity contribution in [2.24, 2.45) is 0 Å². The molecule has 5 nitrogen and oxygen atoms in total. The lowest BCUT2D eigenvalue weighted by molar-refractivity contribution is -0.134. The van der Waals surface area contributed by atoms with Gasteiger partial charge in [-0.05, 0) is 37.8 Å². The van der Waals surface area contributed by atoms with Crippen LogP contribution >= 0.6 is 0 Å². The summed E-state index contributed by atoms with van der Waals surface area (Å²) in [5, 5.41) is 3.04. The van der Waals surface area contributed by atoms with Crippen molar-refractivity contribution in [2.45, 2.75) is 38.6 Å². The molecule has 2 amide bonds. The van der Waals surface area contributed by atoms with Crippen LogP contribution < -0.4 is 10.2 Å². The van der Waals surface area contributed by atoms with Gasteiger partial charge in [0.05, 0.1) is 11.4 Å². The number of carbonyl (C=O) groups is 2. The van der Waals surface area contributed by atoms with Gasteiger partial charge < -0.3 is 15.1 Å². The summed E-state index contributed by atoms with van der Waals surface area (Å²) in [5.74, 6) is -0.0928. The van der Waals surface area contributed by atoms with Gasteiger partial charge in [-0.15, -0.1) is 0 Å². The van der Waals surface area contributed by atoms with Crippen LogP contribution in [0.4, 0.5) is 11.4 Å². The highest BCUT2D eigenvalue weighted by atomic mass is 16.2. The second kappa shape index (κ2) is 6.38. The van der Waals surface area contributed by atoms with Crippen molar-refractivity contribution in [1.29, 1.82) is 0 Å². The molecule has 1 aromatic rings. The lowest BCUT2D eigenvalue weighted by Crippen LogP contribution is -2.42. The normalized spacial score (nSPS) is 21.2. The van der Waals surface area contributed by atoms with Gasteiger partial charge in [-0.25, -0.2) is 0 Å². The maximum absolute atomic E-state index is 12.6. The molecule has 2 aliphatic rings. The quantitative estimate of drug-likeness (QED) is 0.931. The Hall–Kier alpha value is -2.04. The Bertz CT molecular complexity index is 567. The number of carbonyl (C=O) groups excluding carboxylic acids is 2. The molecule has 118 valence electrons. The lowest BCUT2D eigenvalue weighted by Gasteiger charge is -2.25. The SMILES string of the molecule is CC(=O)N1CCCC1C(=O)Nc1ccccc1N1CCCC1. The third-order valence-corrected chi connectivity index (χ3v) is 4.57. The van der Waals surface area contributed by atoms with E-state index in [4.69, 9.17) is 0 Å². The summed E-state index contributed by atoms with van der Waals surface area (Å²) in [6.45, 7) is 4.29. The smallest absolute Gasteiger partial charge is 0.247 e. The molecule has 0 radical (unpaired) electrons. The second-order valence-electron chi connectivity index (χ2n) is 6.07. The van der Waals surface area contributed by atoms with Gasteiger partial charge in [-0.2, -0.15) is 0 Å². The maximum atomic E-state index is 12.6. The summed E-state index contributed by atoms with van der Waals surface area (Å²) >= 11 is 0. The fraction of sp³-hybridized carbons (Fsp3) is 0.529. The number of benzene rings is 1. The van der Waals surface area contributed by atoms with Crippen LogP contribution in [-0.4, -0.2) is 42.4 Å². The monoisotopic (exact) mass is 301 g/mol. The van der Waals surface area contributed by atoms with Crippen LogP contribution in [0.15, 0.2) is 24.3 Å². The van der Waals surface area contributed by atoms with E-state index in [0.29, 0.717) is 6.54 Å². The summed E-state index contributed by atoms with van der Waals surface area (Å²) < 4.78 is 0. The molecule has 1 atom stereocenters. The van der Waals surface area contributed by atoms with Crippen molar-refractivity contribution in [3.8, 4) is 0 Å². The molecule has 1 unspecified atom stereocenters. The van der Waals surface area contributed by atoms with Crippen LogP contribution in [0.1, 0.15) is 32.6 Å². The number of anilines is 2. The number of rotatable bonds is 3. The summed E-state index contributed by atoms with van der Waals surface area (Å²) in [5.41, 5.74) is 1.94. The number of likely N-dealkylation sites (tertiary alicyclic amines) is 1. The Morgan fingerprint density at radius 2 is 1.82 bits per heavy atom. The Balaban J connectivity index is 1.75. The van der Waals surface area contributed by atoms with Crippen molar-refractivity contribution in [2.75, 3.05) is 29.9 Å². The summed E-state index contributed by atoms with van der Waals surface area (Å²) in [7, 11) is 0. The first-order valence-corrected chi connectivity index (χ1v) is 8.09. The number of para-hydroxylation sites is 2. The van der Waals surface area contributed by atoms with Crippen molar-refractivity contribution < 1.29 is 9.59 Å². The highest BCUT2D eigenvalue weighted by Gasteiger charge is 2.32. The zero-order valence-corrected chi connectivity index (χ0v) is 13.0. The van der Waals surface area contributed by atoms with E-state index in [1.807, 2.05) is 18.2 Å². The summed E-state index contributed by atoms with van der Waals surface area (Å²) in [6.07, 6.45) is 4.04. The zero-order valence-electron chi connectivity index (χ0n) is 13.0. The van der Waals surface area contributed by atoms with Crippen molar-refractivity contribution in [1.82, 2.24) is 4.90 Å². The Labute approximate surface area is 131 Å². The molecule has 0 saturated carbocycles. The van der Waals surface area contributed by atoms with Gasteiger partial charge in [-0.3, -0.25) is 9.59 Å². The topological polar surface area (TPSA) is 52.7 Å². The van der Waals surface area contributed by atoms with Gasteiger partial charge in [0.25, 0.3) is 0 Å². The number of hydrogen-bond donors (Lipinski definition) is 1. The fourth-order valence-corrected chi connectivity index (χ4v) is 3.45. The van der Waals surface area contributed by atoms with Crippen molar-refractivity contribution >= 4 is 23.2 Å².